The highest BCUT2D eigenvalue weighted by atomic mass is 35.5. The maximum absolute atomic E-state index is 13.1. The van der Waals surface area contributed by atoms with Crippen molar-refractivity contribution in [2.24, 2.45) is 10.8 Å². The van der Waals surface area contributed by atoms with Gasteiger partial charge < -0.3 is 15.5 Å². The van der Waals surface area contributed by atoms with E-state index in [1.165, 1.54) is 0 Å². The molecule has 2 aromatic carbocycles. The predicted octanol–water partition coefficient (Wildman–Crippen LogP) is 4.69. The van der Waals surface area contributed by atoms with E-state index in [2.05, 4.69) is 17.2 Å². The Morgan fingerprint density at radius 2 is 1.68 bits per heavy atom. The molecular formula is C27H27ClN2O4. The molecule has 6 nitrogen and oxygen atoms in total. The lowest BCUT2D eigenvalue weighted by Crippen LogP contribution is -2.69. The Hall–Kier alpha value is -3.32. The number of piperidine rings is 1. The van der Waals surface area contributed by atoms with Crippen molar-refractivity contribution in [1.82, 2.24) is 5.32 Å². The van der Waals surface area contributed by atoms with Crippen molar-refractivity contribution in [3.63, 3.8) is 0 Å². The van der Waals surface area contributed by atoms with Crippen LogP contribution in [0.15, 0.2) is 54.6 Å². The largest absolute Gasteiger partial charge is 0.481 e. The third-order valence-corrected chi connectivity index (χ3v) is 7.33. The summed E-state index contributed by atoms with van der Waals surface area (Å²) in [6, 6.07) is 16.7. The molecule has 5 unspecified atom stereocenters. The molecule has 0 aromatic heterocycles. The van der Waals surface area contributed by atoms with Gasteiger partial charge in [0.15, 0.2) is 0 Å². The predicted molar refractivity (Wildman–Crippen MR) is 129 cm³/mol. The van der Waals surface area contributed by atoms with Gasteiger partial charge in [-0.15, -0.1) is 0 Å². The Kier molecular flexibility index (Phi) is 7.67. The monoisotopic (exact) mass is 478 g/mol. The SMILES string of the molecule is CC1NC(C)C(CCC#N)(C(=O)O)C(c2cccc(Cl)c2)C1(CC#Cc1ccccc1)C(=O)O. The molecule has 3 rings (SSSR count). The van der Waals surface area contributed by atoms with Crippen molar-refractivity contribution in [2.75, 3.05) is 0 Å². The average molecular weight is 479 g/mol. The summed E-state index contributed by atoms with van der Waals surface area (Å²) in [6.07, 6.45) is -0.135. The minimum Gasteiger partial charge on any atom is -0.481 e. The van der Waals surface area contributed by atoms with E-state index in [0.29, 0.717) is 10.6 Å². The number of aliphatic carboxylic acids is 2. The molecule has 2 aromatic rings. The van der Waals surface area contributed by atoms with E-state index in [4.69, 9.17) is 11.6 Å². The van der Waals surface area contributed by atoms with Gasteiger partial charge in [0.2, 0.25) is 0 Å². The lowest BCUT2D eigenvalue weighted by molar-refractivity contribution is -0.172. The summed E-state index contributed by atoms with van der Waals surface area (Å²) in [4.78, 5) is 26.1. The van der Waals surface area contributed by atoms with Crippen molar-refractivity contribution in [3.8, 4) is 17.9 Å². The standard InChI is InChI=1S/C27H27ClN2O4/c1-18-26(24(31)32,14-7-11-20-9-4-3-5-10-20)23(21-12-6-13-22(28)17-21)27(25(33)34,15-8-16-29)19(2)30-18/h3-6,9-10,12-13,17-19,23,30H,8,14-15H2,1-2H3,(H,31,32)(H,33,34). The summed E-state index contributed by atoms with van der Waals surface area (Å²) in [5.41, 5.74) is -1.91. The second kappa shape index (κ2) is 10.3. The van der Waals surface area contributed by atoms with Crippen LogP contribution in [0, 0.1) is 34.0 Å². The van der Waals surface area contributed by atoms with Gasteiger partial charge in [-0.05, 0) is 50.1 Å². The van der Waals surface area contributed by atoms with Crippen molar-refractivity contribution in [1.29, 1.82) is 5.26 Å². The summed E-state index contributed by atoms with van der Waals surface area (Å²) >= 11 is 6.28. The Bertz CT molecular complexity index is 1170. The van der Waals surface area contributed by atoms with Crippen molar-refractivity contribution in [3.05, 3.63) is 70.7 Å². The second-order valence-corrected chi connectivity index (χ2v) is 9.23. The normalized spacial score (nSPS) is 28.2. The van der Waals surface area contributed by atoms with Crippen LogP contribution in [0.4, 0.5) is 0 Å². The highest BCUT2D eigenvalue weighted by Crippen LogP contribution is 2.58. The van der Waals surface area contributed by atoms with Crippen molar-refractivity contribution >= 4 is 23.5 Å². The van der Waals surface area contributed by atoms with Gasteiger partial charge in [-0.3, -0.25) is 9.59 Å². The van der Waals surface area contributed by atoms with E-state index < -0.39 is 40.8 Å². The lowest BCUT2D eigenvalue weighted by Gasteiger charge is -2.57. The van der Waals surface area contributed by atoms with Crippen molar-refractivity contribution in [2.45, 2.75) is 51.1 Å². The van der Waals surface area contributed by atoms with Gasteiger partial charge in [0.1, 0.15) is 5.41 Å². The fourth-order valence-electron chi connectivity index (χ4n) is 5.41. The van der Waals surface area contributed by atoms with Crippen LogP contribution >= 0.6 is 11.6 Å². The topological polar surface area (TPSA) is 110 Å². The Morgan fingerprint density at radius 1 is 1.03 bits per heavy atom. The van der Waals surface area contributed by atoms with E-state index in [1.807, 2.05) is 36.4 Å². The van der Waals surface area contributed by atoms with Crippen LogP contribution in [0.3, 0.4) is 0 Å². The number of carboxylic acids is 2. The maximum atomic E-state index is 13.1. The number of hydrogen-bond acceptors (Lipinski definition) is 4. The molecule has 7 heteroatoms. The highest BCUT2D eigenvalue weighted by molar-refractivity contribution is 6.30. The van der Waals surface area contributed by atoms with Crippen LogP contribution in [0.2, 0.25) is 5.02 Å². The molecule has 0 spiro atoms. The Morgan fingerprint density at radius 3 is 2.26 bits per heavy atom. The maximum Gasteiger partial charge on any atom is 0.312 e. The first-order valence-corrected chi connectivity index (χ1v) is 11.5. The van der Waals surface area contributed by atoms with Gasteiger partial charge in [-0.2, -0.15) is 5.26 Å². The number of carboxylic acid groups (broad SMARTS) is 2. The fourth-order valence-corrected chi connectivity index (χ4v) is 5.60. The van der Waals surface area contributed by atoms with Crippen LogP contribution in [-0.4, -0.2) is 34.2 Å². The van der Waals surface area contributed by atoms with Gasteiger partial charge >= 0.3 is 11.9 Å². The molecule has 1 aliphatic rings. The summed E-state index contributed by atoms with van der Waals surface area (Å²) < 4.78 is 0. The molecule has 1 aliphatic heterocycles. The minimum atomic E-state index is -1.59. The Labute approximate surface area is 204 Å². The van der Waals surface area contributed by atoms with Crippen molar-refractivity contribution < 1.29 is 19.8 Å². The van der Waals surface area contributed by atoms with E-state index in [9.17, 15) is 25.1 Å². The third kappa shape index (κ3) is 4.40. The van der Waals surface area contributed by atoms with Gasteiger partial charge in [0.05, 0.1) is 11.5 Å². The second-order valence-electron chi connectivity index (χ2n) is 8.79. The number of nitrogens with zero attached hydrogens (tertiary/aromatic N) is 1. The summed E-state index contributed by atoms with van der Waals surface area (Å²) in [5.74, 6) is 2.76. The molecule has 0 aliphatic carbocycles. The number of carbonyl (C=O) groups is 2. The van der Waals surface area contributed by atoms with Gasteiger partial charge in [-0.25, -0.2) is 0 Å². The molecule has 176 valence electrons. The van der Waals surface area contributed by atoms with E-state index in [0.717, 1.165) is 5.56 Å². The van der Waals surface area contributed by atoms with E-state index in [-0.39, 0.29) is 19.3 Å². The van der Waals surface area contributed by atoms with E-state index in [1.54, 1.807) is 38.1 Å². The first-order valence-electron chi connectivity index (χ1n) is 11.1. The summed E-state index contributed by atoms with van der Waals surface area (Å²) in [6.45, 7) is 3.49. The zero-order valence-electron chi connectivity index (χ0n) is 19.1. The number of benzene rings is 2. The number of nitriles is 1. The van der Waals surface area contributed by atoms with Gasteiger partial charge in [-0.1, -0.05) is 53.8 Å². The first-order chi connectivity index (χ1) is 16.2. The minimum absolute atomic E-state index is 0.0158. The molecule has 0 amide bonds. The molecule has 3 N–H and O–H groups in total. The molecule has 1 fully saturated rings. The number of hydrogen-bond donors (Lipinski definition) is 3. The molecule has 1 saturated heterocycles. The molecule has 0 radical (unpaired) electrons. The molecule has 0 saturated carbocycles. The third-order valence-electron chi connectivity index (χ3n) is 7.09. The van der Waals surface area contributed by atoms with E-state index >= 15 is 0 Å². The van der Waals surface area contributed by atoms with Crippen LogP contribution in [0.25, 0.3) is 0 Å². The first kappa shape index (κ1) is 25.3. The number of halogens is 1. The number of nitrogens with one attached hydrogen (secondary N) is 1. The number of rotatable bonds is 6. The summed E-state index contributed by atoms with van der Waals surface area (Å²) in [5, 5.41) is 34.2. The lowest BCUT2D eigenvalue weighted by atomic mass is 9.49. The van der Waals surface area contributed by atoms with Gasteiger partial charge in [0, 0.05) is 41.4 Å². The molecule has 5 atom stereocenters. The smallest absolute Gasteiger partial charge is 0.312 e. The molecule has 1 heterocycles. The van der Waals surface area contributed by atoms with Crippen LogP contribution < -0.4 is 5.32 Å². The van der Waals surface area contributed by atoms with Crippen LogP contribution in [-0.2, 0) is 9.59 Å². The summed E-state index contributed by atoms with van der Waals surface area (Å²) in [7, 11) is 0. The zero-order valence-corrected chi connectivity index (χ0v) is 19.8. The fraction of sp³-hybridized carbons (Fsp3) is 0.370. The van der Waals surface area contributed by atoms with Gasteiger partial charge in [0.25, 0.3) is 0 Å². The van der Waals surface area contributed by atoms with Crippen LogP contribution in [0.5, 0.6) is 0 Å². The molecular weight excluding hydrogens is 452 g/mol. The molecule has 34 heavy (non-hydrogen) atoms. The zero-order chi connectivity index (χ0) is 24.9. The Balaban J connectivity index is 2.29. The quantitative estimate of drug-likeness (QED) is 0.519. The van der Waals surface area contributed by atoms with Crippen LogP contribution in [0.1, 0.15) is 50.2 Å². The average Bonchev–Trinajstić information content (AvgIpc) is 2.80. The highest BCUT2D eigenvalue weighted by Gasteiger charge is 2.66. The molecule has 0 bridgehead atoms.